The molecule has 2 aromatic heterocycles. The number of imidazole rings is 1. The zero-order valence-electron chi connectivity index (χ0n) is 12.3. The Bertz CT molecular complexity index is 830. The van der Waals surface area contributed by atoms with Crippen molar-refractivity contribution in [2.24, 2.45) is 5.92 Å². The van der Waals surface area contributed by atoms with E-state index in [1.807, 2.05) is 11.6 Å². The normalized spacial score (nSPS) is 30.1. The number of hydrogen-bond donors (Lipinski definition) is 2. The van der Waals surface area contributed by atoms with Gasteiger partial charge < -0.3 is 10.1 Å². The van der Waals surface area contributed by atoms with Gasteiger partial charge in [-0.25, -0.2) is 18.1 Å². The van der Waals surface area contributed by atoms with E-state index < -0.39 is 16.1 Å². The average Bonchev–Trinajstić information content (AvgIpc) is 3.14. The molecule has 0 bridgehead atoms. The molecular weight excluding hydrogens is 340 g/mol. The fourth-order valence-electron chi connectivity index (χ4n) is 3.35. The van der Waals surface area contributed by atoms with Gasteiger partial charge in [0.15, 0.2) is 4.96 Å². The number of fused-ring (bicyclic) bond motifs is 2. The van der Waals surface area contributed by atoms with Crippen molar-refractivity contribution in [2.75, 3.05) is 12.9 Å². The predicted molar refractivity (Wildman–Crippen MR) is 83.9 cm³/mol. The van der Waals surface area contributed by atoms with Crippen LogP contribution in [0.1, 0.15) is 16.9 Å². The molecule has 4 atom stereocenters. The van der Waals surface area contributed by atoms with E-state index in [4.69, 9.17) is 4.74 Å². The van der Waals surface area contributed by atoms with Gasteiger partial charge in [0, 0.05) is 30.3 Å². The lowest BCUT2D eigenvalue weighted by molar-refractivity contribution is -0.0194. The molecule has 124 valence electrons. The number of thiazole rings is 1. The van der Waals surface area contributed by atoms with Gasteiger partial charge in [-0.15, -0.1) is 11.3 Å². The minimum Gasteiger partial charge on any atom is -0.376 e. The van der Waals surface area contributed by atoms with E-state index >= 15 is 0 Å². The predicted octanol–water partition coefficient (Wildman–Crippen LogP) is -0.169. The smallest absolute Gasteiger partial charge is 0.271 e. The highest BCUT2D eigenvalue weighted by molar-refractivity contribution is 7.88. The van der Waals surface area contributed by atoms with E-state index in [0.717, 1.165) is 17.6 Å². The van der Waals surface area contributed by atoms with Crippen LogP contribution in [0.5, 0.6) is 0 Å². The monoisotopic (exact) mass is 356 g/mol. The van der Waals surface area contributed by atoms with Crippen LogP contribution in [0.3, 0.4) is 0 Å². The van der Waals surface area contributed by atoms with Gasteiger partial charge in [-0.1, -0.05) is 0 Å². The maximum atomic E-state index is 12.4. The molecular formula is C13H16N4O4S2. The molecule has 1 saturated heterocycles. The molecule has 0 spiro atoms. The molecule has 0 radical (unpaired) electrons. The molecule has 0 unspecified atom stereocenters. The number of carbonyl (C=O) groups is 1. The fraction of sp³-hybridized carbons (Fsp3) is 0.538. The first-order chi connectivity index (χ1) is 10.9. The number of carbonyl (C=O) groups excluding carboxylic acids is 1. The second-order valence-corrected chi connectivity index (χ2v) is 8.58. The van der Waals surface area contributed by atoms with Crippen molar-refractivity contribution in [3.05, 3.63) is 23.5 Å². The highest BCUT2D eigenvalue weighted by Crippen LogP contribution is 2.39. The van der Waals surface area contributed by atoms with Crippen LogP contribution >= 0.6 is 11.3 Å². The first-order valence-corrected chi connectivity index (χ1v) is 10.0. The molecule has 1 saturated carbocycles. The quantitative estimate of drug-likeness (QED) is 0.792. The lowest BCUT2D eigenvalue weighted by Gasteiger charge is -2.47. The van der Waals surface area contributed by atoms with Crippen LogP contribution in [0.2, 0.25) is 0 Å². The van der Waals surface area contributed by atoms with Crippen LogP contribution in [-0.2, 0) is 14.8 Å². The molecule has 4 rings (SSSR count). The summed E-state index contributed by atoms with van der Waals surface area (Å²) in [5.74, 6) is -0.154. The first-order valence-electron chi connectivity index (χ1n) is 7.24. The third kappa shape index (κ3) is 2.65. The van der Waals surface area contributed by atoms with Crippen molar-refractivity contribution in [1.82, 2.24) is 19.4 Å². The van der Waals surface area contributed by atoms with Crippen molar-refractivity contribution in [2.45, 2.75) is 24.6 Å². The molecule has 2 fully saturated rings. The summed E-state index contributed by atoms with van der Waals surface area (Å²) in [5, 5.41) is 4.80. The highest BCUT2D eigenvalue weighted by atomic mass is 32.2. The second kappa shape index (κ2) is 5.26. The Balaban J connectivity index is 1.51. The standard InChI is InChI=1S/C13H16N4O4S2/c1-23(19,20)16-10-9(7-2-4-21-11(7)10)15-12(18)8-6-17-3-5-22-13(17)14-8/h3,5-7,9-11,16H,2,4H2,1H3,(H,15,18)/t7-,9+,10-,11-/m1/s1. The van der Waals surface area contributed by atoms with Gasteiger partial charge in [-0.05, 0) is 6.42 Å². The van der Waals surface area contributed by atoms with Gasteiger partial charge in [0.25, 0.3) is 5.91 Å². The van der Waals surface area contributed by atoms with Gasteiger partial charge in [0.1, 0.15) is 5.69 Å². The van der Waals surface area contributed by atoms with E-state index in [0.29, 0.717) is 12.3 Å². The Kier molecular flexibility index (Phi) is 3.45. The van der Waals surface area contributed by atoms with Crippen LogP contribution in [0.4, 0.5) is 0 Å². The maximum Gasteiger partial charge on any atom is 0.271 e. The number of amides is 1. The van der Waals surface area contributed by atoms with Gasteiger partial charge in [0.05, 0.1) is 24.4 Å². The van der Waals surface area contributed by atoms with Gasteiger partial charge in [-0.3, -0.25) is 9.20 Å². The summed E-state index contributed by atoms with van der Waals surface area (Å²) in [5.41, 5.74) is 0.331. The Labute approximate surface area is 136 Å². The van der Waals surface area contributed by atoms with Crippen molar-refractivity contribution in [1.29, 1.82) is 0 Å². The van der Waals surface area contributed by atoms with Crippen molar-refractivity contribution in [3.63, 3.8) is 0 Å². The lowest BCUT2D eigenvalue weighted by atomic mass is 9.72. The second-order valence-electron chi connectivity index (χ2n) is 5.92. The Hall–Kier alpha value is -1.49. The average molecular weight is 356 g/mol. The van der Waals surface area contributed by atoms with Crippen molar-refractivity contribution < 1.29 is 17.9 Å². The van der Waals surface area contributed by atoms with E-state index in [2.05, 4.69) is 15.0 Å². The van der Waals surface area contributed by atoms with Crippen LogP contribution in [0, 0.1) is 5.92 Å². The van der Waals surface area contributed by atoms with Crippen LogP contribution in [0.15, 0.2) is 17.8 Å². The van der Waals surface area contributed by atoms with E-state index in [9.17, 15) is 13.2 Å². The number of nitrogens with zero attached hydrogens (tertiary/aromatic N) is 2. The van der Waals surface area contributed by atoms with Crippen LogP contribution < -0.4 is 10.0 Å². The van der Waals surface area contributed by atoms with Crippen molar-refractivity contribution in [3.8, 4) is 0 Å². The van der Waals surface area contributed by atoms with E-state index in [1.165, 1.54) is 11.3 Å². The molecule has 10 heteroatoms. The Morgan fingerprint density at radius 2 is 2.30 bits per heavy atom. The number of sulfonamides is 1. The Morgan fingerprint density at radius 1 is 1.48 bits per heavy atom. The van der Waals surface area contributed by atoms with E-state index in [-0.39, 0.29) is 24.0 Å². The van der Waals surface area contributed by atoms with Crippen LogP contribution in [-0.4, -0.2) is 54.8 Å². The highest BCUT2D eigenvalue weighted by Gasteiger charge is 2.55. The van der Waals surface area contributed by atoms with Gasteiger partial charge in [-0.2, -0.15) is 0 Å². The number of hydrogen-bond acceptors (Lipinski definition) is 6. The summed E-state index contributed by atoms with van der Waals surface area (Å²) in [7, 11) is -3.37. The molecule has 2 aromatic rings. The third-order valence-corrected chi connectivity index (χ3v) is 5.83. The first kappa shape index (κ1) is 15.1. The zero-order valence-corrected chi connectivity index (χ0v) is 13.9. The lowest BCUT2D eigenvalue weighted by Crippen LogP contribution is -2.70. The molecule has 3 heterocycles. The molecule has 1 aliphatic carbocycles. The summed E-state index contributed by atoms with van der Waals surface area (Å²) in [6.45, 7) is 0.587. The number of nitrogens with one attached hydrogen (secondary N) is 2. The number of aromatic nitrogens is 2. The molecule has 1 aliphatic heterocycles. The molecule has 2 N–H and O–H groups in total. The maximum absolute atomic E-state index is 12.4. The van der Waals surface area contributed by atoms with Crippen molar-refractivity contribution >= 4 is 32.2 Å². The zero-order chi connectivity index (χ0) is 16.2. The molecule has 1 amide bonds. The van der Waals surface area contributed by atoms with Gasteiger partial charge >= 0.3 is 0 Å². The summed E-state index contributed by atoms with van der Waals surface area (Å²) in [6.07, 6.45) is 5.26. The SMILES string of the molecule is CS(=O)(=O)N[C@@H]1[C@@H](NC(=O)c2cn3ccsc3n2)[C@H]2CCO[C@H]21. The fourth-order valence-corrected chi connectivity index (χ4v) is 4.83. The summed E-state index contributed by atoms with van der Waals surface area (Å²) in [4.78, 5) is 17.4. The molecule has 2 aliphatic rings. The summed E-state index contributed by atoms with van der Waals surface area (Å²) >= 11 is 1.45. The largest absolute Gasteiger partial charge is 0.376 e. The van der Waals surface area contributed by atoms with Crippen LogP contribution in [0.25, 0.3) is 4.96 Å². The van der Waals surface area contributed by atoms with Gasteiger partial charge in [0.2, 0.25) is 10.0 Å². The third-order valence-electron chi connectivity index (χ3n) is 4.36. The minimum atomic E-state index is -3.37. The molecule has 0 aromatic carbocycles. The topological polar surface area (TPSA) is 102 Å². The number of ether oxygens (including phenoxy) is 1. The Morgan fingerprint density at radius 3 is 3.04 bits per heavy atom. The molecule has 23 heavy (non-hydrogen) atoms. The number of rotatable bonds is 4. The molecule has 8 nitrogen and oxygen atoms in total. The summed E-state index contributed by atoms with van der Waals surface area (Å²) in [6, 6.07) is -0.699. The van der Waals surface area contributed by atoms with E-state index in [1.54, 1.807) is 10.6 Å². The minimum absolute atomic E-state index is 0.141. The summed E-state index contributed by atoms with van der Waals surface area (Å²) < 4.78 is 32.9.